The number of hydrogen-bond donors (Lipinski definition) is 1. The molecular weight excluding hydrogens is 344 g/mol. The van der Waals surface area contributed by atoms with Crippen LogP contribution in [0.2, 0.25) is 0 Å². The number of amides is 2. The summed E-state index contributed by atoms with van der Waals surface area (Å²) >= 11 is 0. The normalized spacial score (nSPS) is 15.5. The zero-order chi connectivity index (χ0) is 19.2. The molecule has 6 nitrogen and oxygen atoms in total. The molecule has 0 aromatic heterocycles. The third kappa shape index (κ3) is 4.58. The molecule has 142 valence electrons. The molecule has 1 N–H and O–H groups in total. The summed E-state index contributed by atoms with van der Waals surface area (Å²) < 4.78 is 10.9. The molecule has 27 heavy (non-hydrogen) atoms. The lowest BCUT2D eigenvalue weighted by Crippen LogP contribution is -2.45. The van der Waals surface area contributed by atoms with E-state index < -0.39 is 0 Å². The molecule has 0 unspecified atom stereocenters. The van der Waals surface area contributed by atoms with E-state index in [0.717, 1.165) is 23.4 Å². The molecule has 0 saturated heterocycles. The van der Waals surface area contributed by atoms with Crippen LogP contribution in [0.4, 0.5) is 16.2 Å². The van der Waals surface area contributed by atoms with Crippen molar-refractivity contribution in [1.29, 1.82) is 0 Å². The highest BCUT2D eigenvalue weighted by Gasteiger charge is 2.28. The molecule has 1 heterocycles. The number of urea groups is 1. The molecule has 0 radical (unpaired) electrons. The van der Waals surface area contributed by atoms with Gasteiger partial charge < -0.3 is 14.8 Å². The third-order valence-corrected chi connectivity index (χ3v) is 4.40. The second kappa shape index (κ2) is 8.58. The predicted octanol–water partition coefficient (Wildman–Crippen LogP) is 4.00. The van der Waals surface area contributed by atoms with Gasteiger partial charge in [-0.05, 0) is 43.2 Å². The molecule has 0 aliphatic carbocycles. The van der Waals surface area contributed by atoms with E-state index in [9.17, 15) is 9.59 Å². The number of nitrogens with one attached hydrogen (secondary N) is 1. The second-order valence-corrected chi connectivity index (χ2v) is 6.34. The molecule has 1 aliphatic rings. The van der Waals surface area contributed by atoms with Gasteiger partial charge in [0.2, 0.25) is 0 Å². The van der Waals surface area contributed by atoms with Crippen LogP contribution in [0.3, 0.4) is 0 Å². The Bertz CT molecular complexity index is 804. The van der Waals surface area contributed by atoms with Gasteiger partial charge in [0, 0.05) is 5.69 Å². The molecule has 0 spiro atoms. The number of carbonyl (C=O) groups excluding carboxylic acids is 2. The fraction of sp³-hybridized carbons (Fsp3) is 0.333. The van der Waals surface area contributed by atoms with Crippen molar-refractivity contribution in [2.24, 2.45) is 0 Å². The van der Waals surface area contributed by atoms with Crippen LogP contribution >= 0.6 is 0 Å². The van der Waals surface area contributed by atoms with Gasteiger partial charge in [-0.3, -0.25) is 9.69 Å². The average molecular weight is 368 g/mol. The number of anilines is 2. The summed E-state index contributed by atoms with van der Waals surface area (Å²) in [5.74, 6) is 0.459. The summed E-state index contributed by atoms with van der Waals surface area (Å²) in [7, 11) is 0. The maximum Gasteiger partial charge on any atom is 0.326 e. The molecular formula is C21H24N2O4. The monoisotopic (exact) mass is 368 g/mol. The number of nitrogens with zero attached hydrogens (tertiary/aromatic N) is 1. The quantitative estimate of drug-likeness (QED) is 0.810. The lowest BCUT2D eigenvalue weighted by Gasteiger charge is -2.34. The maximum atomic E-state index is 12.8. The first kappa shape index (κ1) is 18.8. The maximum absolute atomic E-state index is 12.8. The summed E-state index contributed by atoms with van der Waals surface area (Å²) in [6, 6.07) is 14.5. The molecule has 0 bridgehead atoms. The van der Waals surface area contributed by atoms with Crippen LogP contribution in [-0.4, -0.2) is 31.3 Å². The molecule has 3 rings (SSSR count). The van der Waals surface area contributed by atoms with E-state index in [4.69, 9.17) is 9.47 Å². The molecule has 2 aromatic rings. The van der Waals surface area contributed by atoms with Gasteiger partial charge in [-0.15, -0.1) is 0 Å². The Morgan fingerprint density at radius 3 is 2.59 bits per heavy atom. The van der Waals surface area contributed by atoms with E-state index in [1.54, 1.807) is 24.0 Å². The van der Waals surface area contributed by atoms with Gasteiger partial charge in [-0.2, -0.15) is 0 Å². The zero-order valence-corrected chi connectivity index (χ0v) is 15.6. The number of benzene rings is 2. The van der Waals surface area contributed by atoms with Gasteiger partial charge in [0.25, 0.3) is 0 Å². The van der Waals surface area contributed by atoms with Gasteiger partial charge in [0.1, 0.15) is 11.9 Å². The Morgan fingerprint density at radius 1 is 1.15 bits per heavy atom. The second-order valence-electron chi connectivity index (χ2n) is 6.34. The summed E-state index contributed by atoms with van der Waals surface area (Å²) in [5.41, 5.74) is 2.28. The first-order valence-electron chi connectivity index (χ1n) is 9.19. The van der Waals surface area contributed by atoms with Crippen LogP contribution in [0.1, 0.15) is 25.8 Å². The van der Waals surface area contributed by atoms with Crippen molar-refractivity contribution in [3.8, 4) is 5.75 Å². The molecule has 1 atom stereocenters. The smallest absolute Gasteiger partial charge is 0.326 e. The predicted molar refractivity (Wildman–Crippen MR) is 104 cm³/mol. The van der Waals surface area contributed by atoms with Crippen LogP contribution in [0.5, 0.6) is 5.75 Å². The number of carbonyl (C=O) groups is 2. The minimum atomic E-state index is -0.259. The van der Waals surface area contributed by atoms with Crippen molar-refractivity contribution in [3.63, 3.8) is 0 Å². The molecule has 2 aromatic carbocycles. The molecule has 0 fully saturated rings. The van der Waals surface area contributed by atoms with Gasteiger partial charge in [-0.1, -0.05) is 31.2 Å². The molecule has 2 amide bonds. The lowest BCUT2D eigenvalue weighted by molar-refractivity contribution is -0.142. The van der Waals surface area contributed by atoms with Crippen LogP contribution in [0.15, 0.2) is 48.5 Å². The summed E-state index contributed by atoms with van der Waals surface area (Å²) in [6.45, 7) is 4.69. The molecule has 0 saturated carbocycles. The van der Waals surface area contributed by atoms with Gasteiger partial charge >= 0.3 is 12.0 Å². The van der Waals surface area contributed by atoms with Gasteiger partial charge in [0.15, 0.2) is 0 Å². The van der Waals surface area contributed by atoms with Crippen LogP contribution < -0.4 is 15.0 Å². The highest BCUT2D eigenvalue weighted by atomic mass is 16.5. The highest BCUT2D eigenvalue weighted by molar-refractivity contribution is 6.03. The van der Waals surface area contributed by atoms with Crippen molar-refractivity contribution in [2.75, 3.05) is 23.4 Å². The van der Waals surface area contributed by atoms with E-state index >= 15 is 0 Å². The Balaban J connectivity index is 1.69. The Morgan fingerprint density at radius 2 is 1.89 bits per heavy atom. The van der Waals surface area contributed by atoms with E-state index in [2.05, 4.69) is 5.32 Å². The van der Waals surface area contributed by atoms with Crippen LogP contribution in [0, 0.1) is 0 Å². The average Bonchev–Trinajstić information content (AvgIpc) is 2.68. The number of hydrogen-bond acceptors (Lipinski definition) is 4. The SMILES string of the molecule is CCOC(=O)Cc1ccc(NC(=O)N2C[C@H](CC)Oc3ccccc32)cc1. The lowest BCUT2D eigenvalue weighted by atomic mass is 10.1. The van der Waals surface area contributed by atoms with Crippen molar-refractivity contribution in [3.05, 3.63) is 54.1 Å². The summed E-state index contributed by atoms with van der Waals surface area (Å²) in [5, 5.41) is 2.92. The van der Waals surface area contributed by atoms with Crippen LogP contribution in [-0.2, 0) is 16.0 Å². The Kier molecular flexibility index (Phi) is 5.96. The molecule has 1 aliphatic heterocycles. The van der Waals surface area contributed by atoms with Crippen molar-refractivity contribution in [1.82, 2.24) is 0 Å². The van der Waals surface area contributed by atoms with Crippen LogP contribution in [0.25, 0.3) is 0 Å². The fourth-order valence-electron chi connectivity index (χ4n) is 2.98. The third-order valence-electron chi connectivity index (χ3n) is 4.40. The van der Waals surface area contributed by atoms with E-state index in [1.165, 1.54) is 0 Å². The van der Waals surface area contributed by atoms with E-state index in [0.29, 0.717) is 18.8 Å². The zero-order valence-electron chi connectivity index (χ0n) is 15.6. The minimum Gasteiger partial charge on any atom is -0.486 e. The van der Waals surface area contributed by atoms with Crippen molar-refractivity contribution >= 4 is 23.4 Å². The standard InChI is InChI=1S/C21H24N2O4/c1-3-17-14-23(18-7-5-6-8-19(18)27-17)21(25)22-16-11-9-15(10-12-16)13-20(24)26-4-2/h5-12,17H,3-4,13-14H2,1-2H3,(H,22,25)/t17-/m0/s1. The number of esters is 1. The van der Waals surface area contributed by atoms with Gasteiger partial charge in [-0.25, -0.2) is 4.79 Å². The highest BCUT2D eigenvalue weighted by Crippen LogP contribution is 2.34. The largest absolute Gasteiger partial charge is 0.486 e. The van der Waals surface area contributed by atoms with Gasteiger partial charge in [0.05, 0.1) is 25.3 Å². The molecule has 6 heteroatoms. The first-order chi connectivity index (χ1) is 13.1. The Labute approximate surface area is 159 Å². The van der Waals surface area contributed by atoms with Crippen molar-refractivity contribution in [2.45, 2.75) is 32.8 Å². The topological polar surface area (TPSA) is 67.9 Å². The fourth-order valence-corrected chi connectivity index (χ4v) is 2.98. The number of ether oxygens (including phenoxy) is 2. The van der Waals surface area contributed by atoms with Crippen molar-refractivity contribution < 1.29 is 19.1 Å². The summed E-state index contributed by atoms with van der Waals surface area (Å²) in [6.07, 6.45) is 1.01. The number of rotatable bonds is 5. The number of fused-ring (bicyclic) bond motifs is 1. The number of para-hydroxylation sites is 2. The van der Waals surface area contributed by atoms with E-state index in [1.807, 2.05) is 43.3 Å². The summed E-state index contributed by atoms with van der Waals surface area (Å²) in [4.78, 5) is 26.1. The first-order valence-corrected chi connectivity index (χ1v) is 9.19. The Hall–Kier alpha value is -3.02. The minimum absolute atomic E-state index is 0.0300. The van der Waals surface area contributed by atoms with E-state index in [-0.39, 0.29) is 24.5 Å².